The molecule has 0 spiro atoms. The van der Waals surface area contributed by atoms with Crippen molar-refractivity contribution in [2.24, 2.45) is 5.92 Å². The second-order valence-corrected chi connectivity index (χ2v) is 4.39. The lowest BCUT2D eigenvalue weighted by molar-refractivity contribution is 0.317. The second-order valence-electron chi connectivity index (χ2n) is 4.39. The third kappa shape index (κ3) is 5.45. The highest BCUT2D eigenvalue weighted by Gasteiger charge is 1.94. The molecule has 1 aromatic carbocycles. The van der Waals surface area contributed by atoms with Crippen molar-refractivity contribution in [3.8, 4) is 17.6 Å². The van der Waals surface area contributed by atoms with Crippen LogP contribution < -0.4 is 4.74 Å². The Balaban J connectivity index is 2.50. The molecule has 1 rings (SSSR count). The van der Waals surface area contributed by atoms with E-state index in [4.69, 9.17) is 4.74 Å². The first-order chi connectivity index (χ1) is 8.26. The zero-order valence-corrected chi connectivity index (χ0v) is 11.1. The highest BCUT2D eigenvalue weighted by atomic mass is 16.5. The molecule has 1 aromatic rings. The lowest BCUT2D eigenvalue weighted by Crippen LogP contribution is -1.94. The third-order valence-electron chi connectivity index (χ3n) is 2.71. The van der Waals surface area contributed by atoms with Gasteiger partial charge in [0.15, 0.2) is 0 Å². The van der Waals surface area contributed by atoms with E-state index >= 15 is 0 Å². The van der Waals surface area contributed by atoms with Gasteiger partial charge in [-0.15, -0.1) is 0 Å². The van der Waals surface area contributed by atoms with Crippen LogP contribution in [0.15, 0.2) is 24.3 Å². The van der Waals surface area contributed by atoms with Crippen molar-refractivity contribution < 1.29 is 4.74 Å². The maximum atomic E-state index is 5.52. The first kappa shape index (κ1) is 13.6. The Labute approximate surface area is 105 Å². The summed E-state index contributed by atoms with van der Waals surface area (Å²) in [6, 6.07) is 8.02. The van der Waals surface area contributed by atoms with E-state index in [1.54, 1.807) is 0 Å². The van der Waals surface area contributed by atoms with Gasteiger partial charge >= 0.3 is 0 Å². The van der Waals surface area contributed by atoms with E-state index in [1.807, 2.05) is 24.3 Å². The molecule has 17 heavy (non-hydrogen) atoms. The van der Waals surface area contributed by atoms with Crippen molar-refractivity contribution in [1.29, 1.82) is 0 Å². The van der Waals surface area contributed by atoms with Gasteiger partial charge in [-0.05, 0) is 36.6 Å². The van der Waals surface area contributed by atoms with Crippen LogP contribution in [0.25, 0.3) is 0 Å². The van der Waals surface area contributed by atoms with Crippen LogP contribution in [-0.4, -0.2) is 6.61 Å². The zero-order chi connectivity index (χ0) is 12.5. The molecule has 92 valence electrons. The van der Waals surface area contributed by atoms with Crippen molar-refractivity contribution in [3.05, 3.63) is 29.8 Å². The molecule has 0 amide bonds. The molecule has 0 saturated carbocycles. The van der Waals surface area contributed by atoms with Crippen LogP contribution >= 0.6 is 0 Å². The molecule has 0 heterocycles. The SMILES string of the molecule is CCCOc1ccc(C#CCC(C)CC)cc1. The van der Waals surface area contributed by atoms with Gasteiger partial charge in [-0.25, -0.2) is 0 Å². The van der Waals surface area contributed by atoms with Crippen molar-refractivity contribution >= 4 is 0 Å². The molecule has 0 aromatic heterocycles. The molecule has 0 aliphatic carbocycles. The normalized spacial score (nSPS) is 11.5. The molecule has 0 bridgehead atoms. The van der Waals surface area contributed by atoms with Crippen molar-refractivity contribution in [1.82, 2.24) is 0 Å². The summed E-state index contributed by atoms with van der Waals surface area (Å²) in [5.41, 5.74) is 1.07. The summed E-state index contributed by atoms with van der Waals surface area (Å²) in [5.74, 6) is 8.03. The summed E-state index contributed by atoms with van der Waals surface area (Å²) in [5, 5.41) is 0. The third-order valence-corrected chi connectivity index (χ3v) is 2.71. The average molecular weight is 230 g/mol. The predicted octanol–water partition coefficient (Wildman–Crippen LogP) is 4.26. The Bertz CT molecular complexity index is 367. The molecular formula is C16H22O. The van der Waals surface area contributed by atoms with Gasteiger partial charge in [0.1, 0.15) is 5.75 Å². The van der Waals surface area contributed by atoms with Crippen molar-refractivity contribution in [2.75, 3.05) is 6.61 Å². The fourth-order valence-corrected chi connectivity index (χ4v) is 1.33. The maximum Gasteiger partial charge on any atom is 0.119 e. The van der Waals surface area contributed by atoms with Crippen LogP contribution in [0.1, 0.15) is 45.6 Å². The van der Waals surface area contributed by atoms with Gasteiger partial charge in [-0.1, -0.05) is 39.0 Å². The molecule has 1 unspecified atom stereocenters. The van der Waals surface area contributed by atoms with E-state index in [2.05, 4.69) is 32.6 Å². The molecule has 0 fully saturated rings. The fraction of sp³-hybridized carbons (Fsp3) is 0.500. The Morgan fingerprint density at radius 2 is 1.88 bits per heavy atom. The quantitative estimate of drug-likeness (QED) is 0.687. The zero-order valence-electron chi connectivity index (χ0n) is 11.1. The summed E-state index contributed by atoms with van der Waals surface area (Å²) < 4.78 is 5.52. The maximum absolute atomic E-state index is 5.52. The monoisotopic (exact) mass is 230 g/mol. The Kier molecular flexibility index (Phi) is 6.25. The molecule has 0 saturated heterocycles. The summed E-state index contributed by atoms with van der Waals surface area (Å²) in [4.78, 5) is 0. The van der Waals surface area contributed by atoms with Gasteiger partial charge < -0.3 is 4.74 Å². The summed E-state index contributed by atoms with van der Waals surface area (Å²) >= 11 is 0. The lowest BCUT2D eigenvalue weighted by atomic mass is 10.1. The molecule has 0 aliphatic rings. The van der Waals surface area contributed by atoms with E-state index in [-0.39, 0.29) is 0 Å². The number of ether oxygens (including phenoxy) is 1. The summed E-state index contributed by atoms with van der Waals surface area (Å²) in [6.07, 6.45) is 3.21. The van der Waals surface area contributed by atoms with E-state index in [0.717, 1.165) is 30.8 Å². The highest BCUT2D eigenvalue weighted by Crippen LogP contribution is 2.12. The second kappa shape index (κ2) is 7.79. The van der Waals surface area contributed by atoms with Gasteiger partial charge in [0.05, 0.1) is 6.61 Å². The minimum absolute atomic E-state index is 0.690. The van der Waals surface area contributed by atoms with Crippen LogP contribution in [0.5, 0.6) is 5.75 Å². The van der Waals surface area contributed by atoms with Crippen LogP contribution in [0, 0.1) is 17.8 Å². The largest absolute Gasteiger partial charge is 0.494 e. The number of benzene rings is 1. The molecule has 0 aliphatic heterocycles. The Morgan fingerprint density at radius 3 is 2.47 bits per heavy atom. The first-order valence-corrected chi connectivity index (χ1v) is 6.48. The minimum atomic E-state index is 0.690. The standard InChI is InChI=1S/C16H22O/c1-4-13-17-16-11-9-15(10-12-16)8-6-7-14(3)5-2/h9-12,14H,4-5,7,13H2,1-3H3. The van der Waals surface area contributed by atoms with Gasteiger partial charge in [0.25, 0.3) is 0 Å². The molecule has 1 heteroatoms. The topological polar surface area (TPSA) is 9.23 Å². The van der Waals surface area contributed by atoms with Crippen LogP contribution in [0.3, 0.4) is 0 Å². The Hall–Kier alpha value is -1.42. The van der Waals surface area contributed by atoms with E-state index < -0.39 is 0 Å². The Morgan fingerprint density at radius 1 is 1.18 bits per heavy atom. The molecule has 1 nitrogen and oxygen atoms in total. The minimum Gasteiger partial charge on any atom is -0.494 e. The lowest BCUT2D eigenvalue weighted by Gasteiger charge is -2.03. The van der Waals surface area contributed by atoms with Gasteiger partial charge in [0, 0.05) is 12.0 Å². The van der Waals surface area contributed by atoms with Crippen molar-refractivity contribution in [3.63, 3.8) is 0 Å². The first-order valence-electron chi connectivity index (χ1n) is 6.48. The van der Waals surface area contributed by atoms with Gasteiger partial charge in [0.2, 0.25) is 0 Å². The van der Waals surface area contributed by atoms with Crippen LogP contribution in [0.4, 0.5) is 0 Å². The molecule has 1 atom stereocenters. The van der Waals surface area contributed by atoms with Crippen molar-refractivity contribution in [2.45, 2.75) is 40.0 Å². The van der Waals surface area contributed by atoms with E-state index in [0.29, 0.717) is 5.92 Å². The number of rotatable bonds is 5. The van der Waals surface area contributed by atoms with Gasteiger partial charge in [-0.3, -0.25) is 0 Å². The fourth-order valence-electron chi connectivity index (χ4n) is 1.33. The molecule has 0 radical (unpaired) electrons. The highest BCUT2D eigenvalue weighted by molar-refractivity contribution is 5.38. The smallest absolute Gasteiger partial charge is 0.119 e. The molecule has 0 N–H and O–H groups in total. The summed E-state index contributed by atoms with van der Waals surface area (Å²) in [7, 11) is 0. The average Bonchev–Trinajstić information content (AvgIpc) is 2.37. The van der Waals surface area contributed by atoms with E-state index in [9.17, 15) is 0 Å². The number of hydrogen-bond donors (Lipinski definition) is 0. The number of hydrogen-bond acceptors (Lipinski definition) is 1. The summed E-state index contributed by atoms with van der Waals surface area (Å²) in [6.45, 7) is 7.32. The van der Waals surface area contributed by atoms with Crippen LogP contribution in [-0.2, 0) is 0 Å². The predicted molar refractivity (Wildman–Crippen MR) is 73.2 cm³/mol. The van der Waals surface area contributed by atoms with Gasteiger partial charge in [-0.2, -0.15) is 0 Å². The molecular weight excluding hydrogens is 208 g/mol. The van der Waals surface area contributed by atoms with E-state index in [1.165, 1.54) is 6.42 Å². The van der Waals surface area contributed by atoms with Crippen LogP contribution in [0.2, 0.25) is 0 Å².